The van der Waals surface area contributed by atoms with Gasteiger partial charge in [-0.3, -0.25) is 0 Å². The first-order valence-corrected chi connectivity index (χ1v) is 9.24. The van der Waals surface area contributed by atoms with Gasteiger partial charge in [0.05, 0.1) is 4.90 Å². The minimum absolute atomic E-state index is 0.196. The Balaban J connectivity index is 1.59. The predicted molar refractivity (Wildman–Crippen MR) is 91.7 cm³/mol. The van der Waals surface area contributed by atoms with Gasteiger partial charge in [-0.25, -0.2) is 13.6 Å². The van der Waals surface area contributed by atoms with E-state index in [-0.39, 0.29) is 4.90 Å². The molecule has 2 aromatic carbocycles. The molecule has 0 aromatic heterocycles. The van der Waals surface area contributed by atoms with Gasteiger partial charge in [0.15, 0.2) is 0 Å². The maximum absolute atomic E-state index is 11.5. The number of allylic oxidation sites excluding steroid dienone is 1. The van der Waals surface area contributed by atoms with Crippen molar-refractivity contribution in [2.45, 2.75) is 24.3 Å². The number of rotatable bonds is 3. The van der Waals surface area contributed by atoms with Gasteiger partial charge in [-0.05, 0) is 53.3 Å². The highest BCUT2D eigenvalue weighted by Crippen LogP contribution is 2.31. The number of primary sulfonamides is 1. The maximum Gasteiger partial charge on any atom is 0.238 e. The summed E-state index contributed by atoms with van der Waals surface area (Å²) in [5.41, 5.74) is 6.14. The van der Waals surface area contributed by atoms with E-state index in [1.54, 1.807) is 12.1 Å². The van der Waals surface area contributed by atoms with E-state index in [2.05, 4.69) is 35.3 Å². The summed E-state index contributed by atoms with van der Waals surface area (Å²) in [6.07, 6.45) is 6.22. The SMILES string of the molecule is NS(=O)(=O)c1ccc2c(c1)CCN2Cc1ccc2c(c1)CC=C2. The fourth-order valence-corrected chi connectivity index (χ4v) is 3.98. The van der Waals surface area contributed by atoms with Crippen molar-refractivity contribution in [1.82, 2.24) is 0 Å². The van der Waals surface area contributed by atoms with Gasteiger partial charge in [0.2, 0.25) is 10.0 Å². The molecule has 0 amide bonds. The van der Waals surface area contributed by atoms with Gasteiger partial charge >= 0.3 is 0 Å². The van der Waals surface area contributed by atoms with Crippen LogP contribution in [0.25, 0.3) is 6.08 Å². The van der Waals surface area contributed by atoms with E-state index in [0.717, 1.165) is 37.2 Å². The molecule has 0 atom stereocenters. The molecule has 0 saturated heterocycles. The third-order valence-corrected chi connectivity index (χ3v) is 5.50. The largest absolute Gasteiger partial charge is 0.367 e. The molecular formula is C18H18N2O2S. The first-order valence-electron chi connectivity index (χ1n) is 7.70. The summed E-state index contributed by atoms with van der Waals surface area (Å²) in [4.78, 5) is 2.49. The number of benzene rings is 2. The number of anilines is 1. The molecule has 1 aliphatic heterocycles. The lowest BCUT2D eigenvalue weighted by atomic mass is 10.1. The quantitative estimate of drug-likeness (QED) is 0.942. The summed E-state index contributed by atoms with van der Waals surface area (Å²) in [6, 6.07) is 11.8. The molecule has 0 radical (unpaired) electrons. The van der Waals surface area contributed by atoms with Crippen molar-refractivity contribution in [2.24, 2.45) is 5.14 Å². The molecule has 118 valence electrons. The van der Waals surface area contributed by atoms with E-state index in [0.29, 0.717) is 0 Å². The molecule has 2 aliphatic rings. The molecule has 0 unspecified atom stereocenters. The Bertz CT molecular complexity index is 917. The number of hydrogen-bond acceptors (Lipinski definition) is 3. The first kappa shape index (κ1) is 14.5. The Labute approximate surface area is 136 Å². The van der Waals surface area contributed by atoms with Crippen molar-refractivity contribution in [2.75, 3.05) is 11.4 Å². The van der Waals surface area contributed by atoms with Crippen molar-refractivity contribution in [1.29, 1.82) is 0 Å². The fourth-order valence-electron chi connectivity index (χ4n) is 3.42. The van der Waals surface area contributed by atoms with Gasteiger partial charge in [-0.1, -0.05) is 30.4 Å². The number of nitrogens with two attached hydrogens (primary N) is 1. The minimum Gasteiger partial charge on any atom is -0.367 e. The average molecular weight is 326 g/mol. The summed E-state index contributed by atoms with van der Waals surface area (Å²) >= 11 is 0. The van der Waals surface area contributed by atoms with Crippen LogP contribution in [0.15, 0.2) is 47.4 Å². The maximum atomic E-state index is 11.5. The van der Waals surface area contributed by atoms with E-state index in [1.807, 2.05) is 6.07 Å². The highest BCUT2D eigenvalue weighted by atomic mass is 32.2. The number of hydrogen-bond donors (Lipinski definition) is 1. The van der Waals surface area contributed by atoms with Gasteiger partial charge in [-0.15, -0.1) is 0 Å². The highest BCUT2D eigenvalue weighted by molar-refractivity contribution is 7.89. The molecule has 2 N–H and O–H groups in total. The van der Waals surface area contributed by atoms with Gasteiger partial charge in [0, 0.05) is 18.8 Å². The Hall–Kier alpha value is -2.11. The standard InChI is InChI=1S/C18H18N2O2S/c19-23(21,22)17-6-7-18-16(11-17)8-9-20(18)12-13-4-5-14-2-1-3-15(14)10-13/h1-2,4-7,10-11H,3,8-9,12H2,(H2,19,21,22). The van der Waals surface area contributed by atoms with E-state index in [4.69, 9.17) is 5.14 Å². The topological polar surface area (TPSA) is 63.4 Å². The van der Waals surface area contributed by atoms with Crippen LogP contribution in [0.2, 0.25) is 0 Å². The van der Waals surface area contributed by atoms with E-state index in [1.165, 1.54) is 16.7 Å². The Kier molecular flexibility index (Phi) is 3.28. The second kappa shape index (κ2) is 5.22. The zero-order valence-electron chi connectivity index (χ0n) is 12.7. The predicted octanol–water partition coefficient (Wildman–Crippen LogP) is 2.47. The fraction of sp³-hybridized carbons (Fsp3) is 0.222. The van der Waals surface area contributed by atoms with E-state index >= 15 is 0 Å². The average Bonchev–Trinajstić information content (AvgIpc) is 3.12. The van der Waals surface area contributed by atoms with Gasteiger partial charge in [0.25, 0.3) is 0 Å². The zero-order valence-corrected chi connectivity index (χ0v) is 13.5. The smallest absolute Gasteiger partial charge is 0.238 e. The molecule has 4 nitrogen and oxygen atoms in total. The lowest BCUT2D eigenvalue weighted by Crippen LogP contribution is -2.19. The van der Waals surface area contributed by atoms with Crippen molar-refractivity contribution in [3.05, 3.63) is 64.7 Å². The molecule has 0 fully saturated rings. The highest BCUT2D eigenvalue weighted by Gasteiger charge is 2.21. The Morgan fingerprint density at radius 2 is 1.96 bits per heavy atom. The summed E-state index contributed by atoms with van der Waals surface area (Å²) < 4.78 is 22.9. The monoisotopic (exact) mass is 326 g/mol. The lowest BCUT2D eigenvalue weighted by Gasteiger charge is -2.20. The molecule has 0 bridgehead atoms. The molecular weight excluding hydrogens is 308 g/mol. The molecule has 4 rings (SSSR count). The Morgan fingerprint density at radius 1 is 1.09 bits per heavy atom. The molecule has 1 heterocycles. The minimum atomic E-state index is -3.63. The van der Waals surface area contributed by atoms with Gasteiger partial charge < -0.3 is 4.90 Å². The molecule has 5 heteroatoms. The summed E-state index contributed by atoms with van der Waals surface area (Å²) in [7, 11) is -3.63. The third-order valence-electron chi connectivity index (χ3n) is 4.59. The van der Waals surface area contributed by atoms with Crippen LogP contribution in [0.4, 0.5) is 5.69 Å². The van der Waals surface area contributed by atoms with Crippen molar-refractivity contribution in [3.8, 4) is 0 Å². The van der Waals surface area contributed by atoms with Crippen molar-refractivity contribution < 1.29 is 8.42 Å². The molecule has 23 heavy (non-hydrogen) atoms. The summed E-state index contributed by atoms with van der Waals surface area (Å²) in [5.74, 6) is 0. The van der Waals surface area contributed by atoms with Crippen molar-refractivity contribution >= 4 is 21.8 Å². The van der Waals surface area contributed by atoms with Crippen LogP contribution in [0, 0.1) is 0 Å². The van der Waals surface area contributed by atoms with E-state index in [9.17, 15) is 8.42 Å². The second-order valence-electron chi connectivity index (χ2n) is 6.15. The normalized spacial score (nSPS) is 15.8. The van der Waals surface area contributed by atoms with Crippen LogP contribution in [-0.2, 0) is 29.4 Å². The molecule has 2 aromatic rings. The third kappa shape index (κ3) is 2.66. The number of sulfonamides is 1. The van der Waals surface area contributed by atoms with Crippen molar-refractivity contribution in [3.63, 3.8) is 0 Å². The van der Waals surface area contributed by atoms with Crippen LogP contribution >= 0.6 is 0 Å². The van der Waals surface area contributed by atoms with Crippen LogP contribution in [0.3, 0.4) is 0 Å². The number of nitrogens with zero attached hydrogens (tertiary/aromatic N) is 1. The second-order valence-corrected chi connectivity index (χ2v) is 7.71. The first-order chi connectivity index (χ1) is 11.0. The van der Waals surface area contributed by atoms with Gasteiger partial charge in [0.1, 0.15) is 0 Å². The lowest BCUT2D eigenvalue weighted by molar-refractivity contribution is 0.597. The van der Waals surface area contributed by atoms with Crippen LogP contribution < -0.4 is 10.0 Å². The molecule has 1 aliphatic carbocycles. The van der Waals surface area contributed by atoms with Crippen LogP contribution in [-0.4, -0.2) is 15.0 Å². The Morgan fingerprint density at radius 3 is 2.78 bits per heavy atom. The summed E-state index contributed by atoms with van der Waals surface area (Å²) in [5, 5.41) is 5.21. The van der Waals surface area contributed by atoms with Gasteiger partial charge in [-0.2, -0.15) is 0 Å². The molecule has 0 spiro atoms. The van der Waals surface area contributed by atoms with Crippen LogP contribution in [0.1, 0.15) is 22.3 Å². The van der Waals surface area contributed by atoms with Crippen LogP contribution in [0.5, 0.6) is 0 Å². The zero-order chi connectivity index (χ0) is 16.0. The van der Waals surface area contributed by atoms with E-state index < -0.39 is 10.0 Å². The number of fused-ring (bicyclic) bond motifs is 2. The summed E-state index contributed by atoms with van der Waals surface area (Å²) in [6.45, 7) is 1.74. The molecule has 0 saturated carbocycles.